The molecule has 1 aromatic rings. The highest BCUT2D eigenvalue weighted by Crippen LogP contribution is 2.11. The zero-order chi connectivity index (χ0) is 10.5. The molecule has 1 saturated heterocycles. The van der Waals surface area contributed by atoms with Crippen LogP contribution in [-0.2, 0) is 6.54 Å². The van der Waals surface area contributed by atoms with Crippen LogP contribution < -0.4 is 15.4 Å². The third-order valence-electron chi connectivity index (χ3n) is 2.81. The van der Waals surface area contributed by atoms with E-state index in [1.807, 2.05) is 12.1 Å². The van der Waals surface area contributed by atoms with Crippen LogP contribution in [0.4, 0.5) is 0 Å². The van der Waals surface area contributed by atoms with Gasteiger partial charge in [0, 0.05) is 19.1 Å². The highest BCUT2D eigenvalue weighted by atomic mass is 16.5. The molecular weight excluding hydrogens is 188 g/mol. The summed E-state index contributed by atoms with van der Waals surface area (Å²) >= 11 is 0. The standard InChI is InChI=1S/C12H18N2O/c1-15-12-4-2-10(3-5-12)8-14-11-6-7-13-9-11/h2-5,11,13-14H,6-9H2,1H3/t11-/m1/s1. The summed E-state index contributed by atoms with van der Waals surface area (Å²) in [7, 11) is 1.69. The van der Waals surface area contributed by atoms with Crippen molar-refractivity contribution in [2.45, 2.75) is 19.0 Å². The van der Waals surface area contributed by atoms with Crippen LogP contribution in [0.15, 0.2) is 24.3 Å². The molecule has 3 heteroatoms. The number of hydrogen-bond acceptors (Lipinski definition) is 3. The molecule has 2 N–H and O–H groups in total. The Balaban J connectivity index is 1.82. The minimum absolute atomic E-state index is 0.632. The summed E-state index contributed by atoms with van der Waals surface area (Å²) in [5.74, 6) is 0.918. The average Bonchev–Trinajstić information content (AvgIpc) is 2.80. The number of hydrogen-bond donors (Lipinski definition) is 2. The van der Waals surface area contributed by atoms with Gasteiger partial charge < -0.3 is 15.4 Å². The lowest BCUT2D eigenvalue weighted by atomic mass is 10.2. The van der Waals surface area contributed by atoms with Crippen LogP contribution in [0.3, 0.4) is 0 Å². The van der Waals surface area contributed by atoms with E-state index in [0.717, 1.165) is 25.4 Å². The molecule has 15 heavy (non-hydrogen) atoms. The SMILES string of the molecule is COc1ccc(CN[C@@H]2CCNC2)cc1. The van der Waals surface area contributed by atoms with Crippen molar-refractivity contribution in [3.8, 4) is 5.75 Å². The fourth-order valence-corrected chi connectivity index (χ4v) is 1.83. The molecule has 0 aliphatic carbocycles. The first-order valence-electron chi connectivity index (χ1n) is 5.45. The summed E-state index contributed by atoms with van der Waals surface area (Å²) in [5.41, 5.74) is 1.31. The summed E-state index contributed by atoms with van der Waals surface area (Å²) in [6, 6.07) is 8.85. The Morgan fingerprint density at radius 3 is 2.80 bits per heavy atom. The van der Waals surface area contributed by atoms with Crippen LogP contribution in [0.25, 0.3) is 0 Å². The van der Waals surface area contributed by atoms with E-state index in [-0.39, 0.29) is 0 Å². The summed E-state index contributed by atoms with van der Waals surface area (Å²) in [5, 5.41) is 6.88. The van der Waals surface area contributed by atoms with Crippen LogP contribution in [0.2, 0.25) is 0 Å². The van der Waals surface area contributed by atoms with Gasteiger partial charge >= 0.3 is 0 Å². The topological polar surface area (TPSA) is 33.3 Å². The second-order valence-corrected chi connectivity index (χ2v) is 3.92. The Bertz CT molecular complexity index is 291. The van der Waals surface area contributed by atoms with Crippen LogP contribution in [0, 0.1) is 0 Å². The van der Waals surface area contributed by atoms with E-state index in [1.165, 1.54) is 12.0 Å². The Kier molecular flexibility index (Phi) is 3.59. The van der Waals surface area contributed by atoms with Gasteiger partial charge in [0.05, 0.1) is 7.11 Å². The van der Waals surface area contributed by atoms with Crippen molar-refractivity contribution in [1.29, 1.82) is 0 Å². The molecule has 3 nitrogen and oxygen atoms in total. The Morgan fingerprint density at radius 2 is 2.20 bits per heavy atom. The van der Waals surface area contributed by atoms with E-state index in [9.17, 15) is 0 Å². The first-order chi connectivity index (χ1) is 7.38. The smallest absolute Gasteiger partial charge is 0.118 e. The maximum Gasteiger partial charge on any atom is 0.118 e. The first kappa shape index (κ1) is 10.5. The Labute approximate surface area is 90.8 Å². The second-order valence-electron chi connectivity index (χ2n) is 3.92. The van der Waals surface area contributed by atoms with Gasteiger partial charge in [-0.15, -0.1) is 0 Å². The molecule has 0 aromatic heterocycles. The molecule has 0 amide bonds. The molecule has 0 bridgehead atoms. The second kappa shape index (κ2) is 5.14. The molecule has 0 radical (unpaired) electrons. The number of ether oxygens (including phenoxy) is 1. The monoisotopic (exact) mass is 206 g/mol. The van der Waals surface area contributed by atoms with Gasteiger partial charge in [-0.25, -0.2) is 0 Å². The molecule has 1 heterocycles. The number of rotatable bonds is 4. The molecule has 1 aliphatic rings. The van der Waals surface area contributed by atoms with Crippen LogP contribution in [-0.4, -0.2) is 26.2 Å². The van der Waals surface area contributed by atoms with E-state index in [4.69, 9.17) is 4.74 Å². The lowest BCUT2D eigenvalue weighted by Gasteiger charge is -2.11. The molecule has 0 unspecified atom stereocenters. The first-order valence-corrected chi connectivity index (χ1v) is 5.45. The largest absolute Gasteiger partial charge is 0.497 e. The van der Waals surface area contributed by atoms with Crippen molar-refractivity contribution < 1.29 is 4.74 Å². The van der Waals surface area contributed by atoms with Gasteiger partial charge in [-0.3, -0.25) is 0 Å². The third kappa shape index (κ3) is 2.94. The van der Waals surface area contributed by atoms with Crippen LogP contribution in [0.1, 0.15) is 12.0 Å². The normalized spacial score (nSPS) is 20.5. The fraction of sp³-hybridized carbons (Fsp3) is 0.500. The predicted octanol–water partition coefficient (Wildman–Crippen LogP) is 1.15. The van der Waals surface area contributed by atoms with Crippen molar-refractivity contribution in [3.05, 3.63) is 29.8 Å². The van der Waals surface area contributed by atoms with Crippen molar-refractivity contribution in [2.24, 2.45) is 0 Å². The number of methoxy groups -OCH3 is 1. The minimum Gasteiger partial charge on any atom is -0.497 e. The predicted molar refractivity (Wildman–Crippen MR) is 61.1 cm³/mol. The molecule has 2 rings (SSSR count). The summed E-state index contributed by atoms with van der Waals surface area (Å²) in [6.45, 7) is 3.17. The molecule has 1 aromatic carbocycles. The summed E-state index contributed by atoms with van der Waals surface area (Å²) in [4.78, 5) is 0. The van der Waals surface area contributed by atoms with Gasteiger partial charge in [0.25, 0.3) is 0 Å². The van der Waals surface area contributed by atoms with E-state index in [1.54, 1.807) is 7.11 Å². The Hall–Kier alpha value is -1.06. The van der Waals surface area contributed by atoms with Crippen molar-refractivity contribution >= 4 is 0 Å². The molecule has 1 fully saturated rings. The number of benzene rings is 1. The zero-order valence-corrected chi connectivity index (χ0v) is 9.12. The van der Waals surface area contributed by atoms with Crippen molar-refractivity contribution in [3.63, 3.8) is 0 Å². The number of nitrogens with one attached hydrogen (secondary N) is 2. The summed E-state index contributed by atoms with van der Waals surface area (Å²) in [6.07, 6.45) is 1.23. The van der Waals surface area contributed by atoms with Gasteiger partial charge in [0.15, 0.2) is 0 Å². The molecular formula is C12H18N2O. The van der Waals surface area contributed by atoms with Gasteiger partial charge in [0.2, 0.25) is 0 Å². The van der Waals surface area contributed by atoms with Gasteiger partial charge in [0.1, 0.15) is 5.75 Å². The van der Waals surface area contributed by atoms with Gasteiger partial charge in [-0.1, -0.05) is 12.1 Å². The van der Waals surface area contributed by atoms with E-state index in [2.05, 4.69) is 22.8 Å². The van der Waals surface area contributed by atoms with Crippen LogP contribution in [0.5, 0.6) is 5.75 Å². The molecule has 1 aliphatic heterocycles. The maximum atomic E-state index is 5.12. The summed E-state index contributed by atoms with van der Waals surface area (Å²) < 4.78 is 5.12. The van der Waals surface area contributed by atoms with Gasteiger partial charge in [-0.2, -0.15) is 0 Å². The molecule has 1 atom stereocenters. The molecule has 0 saturated carbocycles. The minimum atomic E-state index is 0.632. The Morgan fingerprint density at radius 1 is 1.40 bits per heavy atom. The van der Waals surface area contributed by atoms with Crippen LogP contribution >= 0.6 is 0 Å². The van der Waals surface area contributed by atoms with Crippen molar-refractivity contribution in [2.75, 3.05) is 20.2 Å². The third-order valence-corrected chi connectivity index (χ3v) is 2.81. The molecule has 82 valence electrons. The lowest BCUT2D eigenvalue weighted by Crippen LogP contribution is -2.30. The van der Waals surface area contributed by atoms with E-state index in [0.29, 0.717) is 6.04 Å². The lowest BCUT2D eigenvalue weighted by molar-refractivity contribution is 0.414. The van der Waals surface area contributed by atoms with Gasteiger partial charge in [-0.05, 0) is 30.7 Å². The highest BCUT2D eigenvalue weighted by Gasteiger charge is 2.12. The molecule has 0 spiro atoms. The maximum absolute atomic E-state index is 5.12. The zero-order valence-electron chi connectivity index (χ0n) is 9.12. The highest BCUT2D eigenvalue weighted by molar-refractivity contribution is 5.27. The van der Waals surface area contributed by atoms with Crippen molar-refractivity contribution in [1.82, 2.24) is 10.6 Å². The average molecular weight is 206 g/mol. The quantitative estimate of drug-likeness (QED) is 0.775. The fourth-order valence-electron chi connectivity index (χ4n) is 1.83. The van der Waals surface area contributed by atoms with E-state index >= 15 is 0 Å². The van der Waals surface area contributed by atoms with E-state index < -0.39 is 0 Å².